The molecule has 3 heterocycles. The van der Waals surface area contributed by atoms with Gasteiger partial charge in [-0.25, -0.2) is 0 Å². The quantitative estimate of drug-likeness (QED) is 0.486. The third-order valence-corrected chi connectivity index (χ3v) is 6.01. The second kappa shape index (κ2) is 8.67. The molecule has 162 valence electrons. The highest BCUT2D eigenvalue weighted by molar-refractivity contribution is 5.98. The lowest BCUT2D eigenvalue weighted by Crippen LogP contribution is -2.54. The molecule has 2 aromatic carbocycles. The van der Waals surface area contributed by atoms with Gasteiger partial charge < -0.3 is 9.80 Å². The molecule has 5 rings (SSSR count). The van der Waals surface area contributed by atoms with Gasteiger partial charge in [0.25, 0.3) is 5.91 Å². The Balaban J connectivity index is 1.45. The van der Waals surface area contributed by atoms with Gasteiger partial charge in [0.05, 0.1) is 11.6 Å². The Bertz CT molecular complexity index is 1350. The van der Waals surface area contributed by atoms with Crippen molar-refractivity contribution >= 4 is 22.6 Å². The maximum atomic E-state index is 12.9. The fourth-order valence-corrected chi connectivity index (χ4v) is 4.30. The second-order valence-electron chi connectivity index (χ2n) is 8.12. The zero-order valence-corrected chi connectivity index (χ0v) is 18.2. The monoisotopic (exact) mass is 434 g/mol. The van der Waals surface area contributed by atoms with Gasteiger partial charge in [-0.3, -0.25) is 9.78 Å². The van der Waals surface area contributed by atoms with Gasteiger partial charge in [0, 0.05) is 48.4 Å². The molecule has 1 aliphatic rings. The zero-order valence-electron chi connectivity index (χ0n) is 18.2. The summed E-state index contributed by atoms with van der Waals surface area (Å²) in [6, 6.07) is 22.8. The Morgan fingerprint density at radius 2 is 1.79 bits per heavy atom. The standard InChI is InChI=1S/C26H22N6O/c1-18-17-31(26(33)21-6-3-2-4-7-21)14-15-32(18)25-24-22(8-5-13-28-24)23(29-30-25)20-11-9-19(16-27)10-12-20/h2-13,18H,14-15,17H2,1H3. The fraction of sp³-hybridized carbons (Fsp3) is 0.192. The van der Waals surface area contributed by atoms with E-state index in [1.54, 1.807) is 18.3 Å². The molecule has 0 aliphatic carbocycles. The minimum Gasteiger partial charge on any atom is -0.347 e. The number of hydrogen-bond acceptors (Lipinski definition) is 6. The van der Waals surface area contributed by atoms with Crippen LogP contribution >= 0.6 is 0 Å². The van der Waals surface area contributed by atoms with Gasteiger partial charge in [-0.1, -0.05) is 30.3 Å². The predicted molar refractivity (Wildman–Crippen MR) is 127 cm³/mol. The molecule has 1 saturated heterocycles. The molecule has 1 fully saturated rings. The lowest BCUT2D eigenvalue weighted by molar-refractivity contribution is 0.0726. The van der Waals surface area contributed by atoms with E-state index in [-0.39, 0.29) is 11.9 Å². The minimum absolute atomic E-state index is 0.0485. The van der Waals surface area contributed by atoms with Crippen LogP contribution in [0, 0.1) is 11.3 Å². The molecule has 4 aromatic rings. The number of anilines is 1. The predicted octanol–water partition coefficient (Wildman–Crippen LogP) is 3.91. The highest BCUT2D eigenvalue weighted by Gasteiger charge is 2.30. The first kappa shape index (κ1) is 20.6. The number of hydrogen-bond donors (Lipinski definition) is 0. The van der Waals surface area contributed by atoms with E-state index in [0.717, 1.165) is 28.0 Å². The van der Waals surface area contributed by atoms with Crippen LogP contribution in [-0.2, 0) is 0 Å². The first-order chi connectivity index (χ1) is 16.2. The summed E-state index contributed by atoms with van der Waals surface area (Å²) in [4.78, 5) is 21.6. The van der Waals surface area contributed by atoms with Crippen molar-refractivity contribution in [2.45, 2.75) is 13.0 Å². The smallest absolute Gasteiger partial charge is 0.253 e. The van der Waals surface area contributed by atoms with Crippen molar-refractivity contribution in [3.63, 3.8) is 0 Å². The van der Waals surface area contributed by atoms with Gasteiger partial charge in [-0.05, 0) is 43.3 Å². The van der Waals surface area contributed by atoms with E-state index >= 15 is 0 Å². The number of nitriles is 1. The molecule has 1 atom stereocenters. The maximum absolute atomic E-state index is 12.9. The van der Waals surface area contributed by atoms with Gasteiger partial charge in [0.1, 0.15) is 11.2 Å². The SMILES string of the molecule is CC1CN(C(=O)c2ccccc2)CCN1c1nnc(-c2ccc(C#N)cc2)c2cccnc12. The molecule has 33 heavy (non-hydrogen) atoms. The van der Waals surface area contributed by atoms with Crippen LogP contribution in [0.1, 0.15) is 22.8 Å². The van der Waals surface area contributed by atoms with E-state index in [1.165, 1.54) is 0 Å². The molecular formula is C26H22N6O. The summed E-state index contributed by atoms with van der Waals surface area (Å²) in [6.45, 7) is 3.94. The molecule has 0 bridgehead atoms. The average Bonchev–Trinajstić information content (AvgIpc) is 2.88. The number of carbonyl (C=O) groups excluding carboxylic acids is 1. The van der Waals surface area contributed by atoms with Crippen molar-refractivity contribution < 1.29 is 4.79 Å². The molecule has 0 saturated carbocycles. The molecular weight excluding hydrogens is 412 g/mol. The van der Waals surface area contributed by atoms with E-state index in [1.807, 2.05) is 59.5 Å². The van der Waals surface area contributed by atoms with E-state index in [2.05, 4.69) is 33.1 Å². The third-order valence-electron chi connectivity index (χ3n) is 6.01. The molecule has 0 N–H and O–H groups in total. The van der Waals surface area contributed by atoms with Crippen molar-refractivity contribution in [3.05, 3.63) is 84.1 Å². The number of carbonyl (C=O) groups is 1. The summed E-state index contributed by atoms with van der Waals surface area (Å²) < 4.78 is 0. The number of piperazine rings is 1. The van der Waals surface area contributed by atoms with Crippen molar-refractivity contribution in [1.82, 2.24) is 20.1 Å². The zero-order chi connectivity index (χ0) is 22.8. The van der Waals surface area contributed by atoms with Gasteiger partial charge in [0.2, 0.25) is 0 Å². The molecule has 7 nitrogen and oxygen atoms in total. The van der Waals surface area contributed by atoms with Gasteiger partial charge in [-0.2, -0.15) is 5.26 Å². The summed E-state index contributed by atoms with van der Waals surface area (Å²) in [7, 11) is 0. The van der Waals surface area contributed by atoms with Crippen molar-refractivity contribution in [2.75, 3.05) is 24.5 Å². The number of pyridine rings is 1. The lowest BCUT2D eigenvalue weighted by atomic mass is 10.0. The summed E-state index contributed by atoms with van der Waals surface area (Å²) in [6.07, 6.45) is 1.76. The largest absolute Gasteiger partial charge is 0.347 e. The van der Waals surface area contributed by atoms with E-state index in [4.69, 9.17) is 5.26 Å². The number of amides is 1. The van der Waals surface area contributed by atoms with Gasteiger partial charge in [0.15, 0.2) is 5.82 Å². The summed E-state index contributed by atoms with van der Waals surface area (Å²) in [5, 5.41) is 19.1. The van der Waals surface area contributed by atoms with E-state index < -0.39 is 0 Å². The van der Waals surface area contributed by atoms with Crippen molar-refractivity contribution in [2.24, 2.45) is 0 Å². The van der Waals surface area contributed by atoms with Crippen LogP contribution in [0.5, 0.6) is 0 Å². The van der Waals surface area contributed by atoms with Crippen LogP contribution in [0.2, 0.25) is 0 Å². The van der Waals surface area contributed by atoms with Crippen LogP contribution in [0.3, 0.4) is 0 Å². The number of aromatic nitrogens is 3. The molecule has 2 aromatic heterocycles. The highest BCUT2D eigenvalue weighted by Crippen LogP contribution is 2.31. The van der Waals surface area contributed by atoms with E-state index in [0.29, 0.717) is 30.8 Å². The molecule has 1 unspecified atom stereocenters. The van der Waals surface area contributed by atoms with Crippen molar-refractivity contribution in [3.8, 4) is 17.3 Å². The van der Waals surface area contributed by atoms with Crippen molar-refractivity contribution in [1.29, 1.82) is 5.26 Å². The summed E-state index contributed by atoms with van der Waals surface area (Å²) >= 11 is 0. The van der Waals surface area contributed by atoms with E-state index in [9.17, 15) is 4.79 Å². The van der Waals surface area contributed by atoms with Crippen LogP contribution in [0.4, 0.5) is 5.82 Å². The molecule has 1 aliphatic heterocycles. The third kappa shape index (κ3) is 3.87. The fourth-order valence-electron chi connectivity index (χ4n) is 4.30. The van der Waals surface area contributed by atoms with Gasteiger partial charge >= 0.3 is 0 Å². The maximum Gasteiger partial charge on any atom is 0.253 e. The second-order valence-corrected chi connectivity index (χ2v) is 8.12. The number of nitrogens with zero attached hydrogens (tertiary/aromatic N) is 6. The average molecular weight is 435 g/mol. The van der Waals surface area contributed by atoms with Gasteiger partial charge in [-0.15, -0.1) is 10.2 Å². The first-order valence-electron chi connectivity index (χ1n) is 10.9. The Kier molecular flexibility index (Phi) is 5.41. The molecule has 7 heteroatoms. The Morgan fingerprint density at radius 3 is 2.52 bits per heavy atom. The minimum atomic E-state index is 0.0485. The Morgan fingerprint density at radius 1 is 1.00 bits per heavy atom. The molecule has 0 radical (unpaired) electrons. The van der Waals surface area contributed by atoms with Crippen LogP contribution in [0.25, 0.3) is 22.2 Å². The van der Waals surface area contributed by atoms with Crippen LogP contribution in [0.15, 0.2) is 72.9 Å². The summed E-state index contributed by atoms with van der Waals surface area (Å²) in [5.74, 6) is 0.773. The molecule has 0 spiro atoms. The first-order valence-corrected chi connectivity index (χ1v) is 10.9. The number of rotatable bonds is 3. The van der Waals surface area contributed by atoms with Crippen LogP contribution in [-0.4, -0.2) is 51.7 Å². The number of benzene rings is 2. The Labute approximate surface area is 191 Å². The number of fused-ring (bicyclic) bond motifs is 1. The lowest BCUT2D eigenvalue weighted by Gasteiger charge is -2.40. The summed E-state index contributed by atoms with van der Waals surface area (Å²) in [5.41, 5.74) is 3.70. The Hall–Kier alpha value is -4.31. The van der Waals surface area contributed by atoms with Crippen LogP contribution < -0.4 is 4.90 Å². The topological polar surface area (TPSA) is 86.0 Å². The highest BCUT2D eigenvalue weighted by atomic mass is 16.2. The molecule has 1 amide bonds. The normalized spacial score (nSPS) is 15.9.